The SMILES string of the molecule is CC(C(=O)N[C@@H](C)CO)=C1CNC1. The summed E-state index contributed by atoms with van der Waals surface area (Å²) >= 11 is 0. The number of carbonyl (C=O) groups is 1. The first-order valence-electron chi connectivity index (χ1n) is 4.46. The Morgan fingerprint density at radius 1 is 1.69 bits per heavy atom. The molecule has 0 saturated carbocycles. The van der Waals surface area contributed by atoms with Crippen LogP contribution in [0.1, 0.15) is 13.8 Å². The van der Waals surface area contributed by atoms with Crippen molar-refractivity contribution in [3.05, 3.63) is 11.1 Å². The van der Waals surface area contributed by atoms with Gasteiger partial charge in [-0.15, -0.1) is 0 Å². The number of carbonyl (C=O) groups excluding carboxylic acids is 1. The van der Waals surface area contributed by atoms with Crippen molar-refractivity contribution in [3.8, 4) is 0 Å². The van der Waals surface area contributed by atoms with E-state index in [1.165, 1.54) is 0 Å². The predicted molar refractivity (Wildman–Crippen MR) is 50.3 cm³/mol. The van der Waals surface area contributed by atoms with Crippen molar-refractivity contribution < 1.29 is 9.90 Å². The molecule has 0 aliphatic carbocycles. The van der Waals surface area contributed by atoms with Crippen LogP contribution in [0.25, 0.3) is 0 Å². The van der Waals surface area contributed by atoms with Gasteiger partial charge in [-0.1, -0.05) is 0 Å². The van der Waals surface area contributed by atoms with E-state index >= 15 is 0 Å². The van der Waals surface area contributed by atoms with Gasteiger partial charge < -0.3 is 15.7 Å². The minimum absolute atomic E-state index is 0.0212. The van der Waals surface area contributed by atoms with Crippen LogP contribution in [0.3, 0.4) is 0 Å². The molecule has 1 amide bonds. The van der Waals surface area contributed by atoms with E-state index in [0.29, 0.717) is 0 Å². The van der Waals surface area contributed by atoms with Crippen molar-refractivity contribution in [3.63, 3.8) is 0 Å². The van der Waals surface area contributed by atoms with E-state index < -0.39 is 0 Å². The Balaban J connectivity index is 2.47. The Morgan fingerprint density at radius 2 is 2.31 bits per heavy atom. The summed E-state index contributed by atoms with van der Waals surface area (Å²) < 4.78 is 0. The largest absolute Gasteiger partial charge is 0.394 e. The number of amides is 1. The highest BCUT2D eigenvalue weighted by atomic mass is 16.3. The fraction of sp³-hybridized carbons (Fsp3) is 0.667. The van der Waals surface area contributed by atoms with E-state index in [1.54, 1.807) is 6.92 Å². The molecule has 74 valence electrons. The van der Waals surface area contributed by atoms with Gasteiger partial charge in [-0.2, -0.15) is 0 Å². The fourth-order valence-electron chi connectivity index (χ4n) is 1.05. The maximum absolute atomic E-state index is 11.4. The Hall–Kier alpha value is -0.870. The molecule has 1 atom stereocenters. The van der Waals surface area contributed by atoms with Gasteiger partial charge in [0, 0.05) is 24.7 Å². The number of aliphatic hydroxyl groups is 1. The number of rotatable bonds is 3. The van der Waals surface area contributed by atoms with Crippen LogP contribution in [0.5, 0.6) is 0 Å². The number of hydrogen-bond donors (Lipinski definition) is 3. The molecule has 0 aromatic heterocycles. The van der Waals surface area contributed by atoms with Crippen molar-refractivity contribution in [1.82, 2.24) is 10.6 Å². The van der Waals surface area contributed by atoms with Gasteiger partial charge in [0.05, 0.1) is 6.61 Å². The van der Waals surface area contributed by atoms with Gasteiger partial charge in [-0.3, -0.25) is 4.79 Å². The fourth-order valence-corrected chi connectivity index (χ4v) is 1.05. The lowest BCUT2D eigenvalue weighted by molar-refractivity contribution is -0.118. The second kappa shape index (κ2) is 4.39. The predicted octanol–water partition coefficient (Wildman–Crippen LogP) is -0.597. The van der Waals surface area contributed by atoms with Crippen molar-refractivity contribution >= 4 is 5.91 Å². The van der Waals surface area contributed by atoms with E-state index in [-0.39, 0.29) is 18.6 Å². The van der Waals surface area contributed by atoms with Crippen molar-refractivity contribution in [1.29, 1.82) is 0 Å². The summed E-state index contributed by atoms with van der Waals surface area (Å²) in [4.78, 5) is 11.4. The normalized spacial score (nSPS) is 17.6. The molecule has 1 saturated heterocycles. The zero-order valence-electron chi connectivity index (χ0n) is 8.05. The second-order valence-corrected chi connectivity index (χ2v) is 3.39. The Morgan fingerprint density at radius 3 is 2.69 bits per heavy atom. The standard InChI is InChI=1S/C9H16N2O2/c1-6(5-12)11-9(13)7(2)8-3-10-4-8/h6,10,12H,3-5H2,1-2H3,(H,11,13)/t6-/m0/s1. The third-order valence-corrected chi connectivity index (χ3v) is 2.20. The van der Waals surface area contributed by atoms with Crippen LogP contribution in [0.2, 0.25) is 0 Å². The average Bonchev–Trinajstić information content (AvgIpc) is 2.00. The molecule has 1 aliphatic heterocycles. The van der Waals surface area contributed by atoms with Gasteiger partial charge in [0.1, 0.15) is 0 Å². The molecule has 1 aliphatic rings. The van der Waals surface area contributed by atoms with Crippen LogP contribution in [0, 0.1) is 0 Å². The van der Waals surface area contributed by atoms with Crippen LogP contribution in [-0.2, 0) is 4.79 Å². The smallest absolute Gasteiger partial charge is 0.247 e. The van der Waals surface area contributed by atoms with Gasteiger partial charge in [0.2, 0.25) is 5.91 Å². The van der Waals surface area contributed by atoms with Gasteiger partial charge in [0.15, 0.2) is 0 Å². The van der Waals surface area contributed by atoms with Crippen LogP contribution in [-0.4, -0.2) is 36.8 Å². The molecule has 0 bridgehead atoms. The van der Waals surface area contributed by atoms with E-state index in [4.69, 9.17) is 5.11 Å². The summed E-state index contributed by atoms with van der Waals surface area (Å²) in [6.07, 6.45) is 0. The molecule has 4 heteroatoms. The Labute approximate surface area is 78.0 Å². The molecule has 0 radical (unpaired) electrons. The van der Waals surface area contributed by atoms with Crippen LogP contribution in [0.4, 0.5) is 0 Å². The zero-order chi connectivity index (χ0) is 9.84. The lowest BCUT2D eigenvalue weighted by atomic mass is 10.0. The van der Waals surface area contributed by atoms with Crippen LogP contribution in [0.15, 0.2) is 11.1 Å². The van der Waals surface area contributed by atoms with E-state index in [0.717, 1.165) is 24.2 Å². The minimum atomic E-state index is -0.170. The number of aliphatic hydroxyl groups excluding tert-OH is 1. The minimum Gasteiger partial charge on any atom is -0.394 e. The molecule has 13 heavy (non-hydrogen) atoms. The maximum Gasteiger partial charge on any atom is 0.247 e. The Bertz CT molecular complexity index is 230. The molecule has 0 aromatic rings. The van der Waals surface area contributed by atoms with Crippen LogP contribution < -0.4 is 10.6 Å². The summed E-state index contributed by atoms with van der Waals surface area (Å²) in [5.74, 6) is -0.0712. The molecule has 3 N–H and O–H groups in total. The lowest BCUT2D eigenvalue weighted by Gasteiger charge is -2.22. The van der Waals surface area contributed by atoms with E-state index in [1.807, 2.05) is 6.92 Å². The molecule has 0 aromatic carbocycles. The number of nitrogens with one attached hydrogen (secondary N) is 2. The second-order valence-electron chi connectivity index (χ2n) is 3.39. The molecule has 1 rings (SSSR count). The van der Waals surface area contributed by atoms with Crippen LogP contribution >= 0.6 is 0 Å². The molecule has 1 fully saturated rings. The third kappa shape index (κ3) is 2.54. The molecule has 4 nitrogen and oxygen atoms in total. The summed E-state index contributed by atoms with van der Waals surface area (Å²) in [5.41, 5.74) is 1.93. The molecule has 0 unspecified atom stereocenters. The highest BCUT2D eigenvalue weighted by Gasteiger charge is 2.16. The van der Waals surface area contributed by atoms with Crippen molar-refractivity contribution in [2.45, 2.75) is 19.9 Å². The first-order valence-corrected chi connectivity index (χ1v) is 4.46. The van der Waals surface area contributed by atoms with E-state index in [9.17, 15) is 4.79 Å². The lowest BCUT2D eigenvalue weighted by Crippen LogP contribution is -2.40. The molecular formula is C9H16N2O2. The van der Waals surface area contributed by atoms with E-state index in [2.05, 4.69) is 10.6 Å². The highest BCUT2D eigenvalue weighted by Crippen LogP contribution is 2.08. The molecular weight excluding hydrogens is 168 g/mol. The van der Waals surface area contributed by atoms with Crippen molar-refractivity contribution in [2.75, 3.05) is 19.7 Å². The first kappa shape index (κ1) is 10.2. The topological polar surface area (TPSA) is 61.4 Å². The summed E-state index contributed by atoms with van der Waals surface area (Å²) in [5, 5.41) is 14.5. The van der Waals surface area contributed by atoms with Gasteiger partial charge >= 0.3 is 0 Å². The highest BCUT2D eigenvalue weighted by molar-refractivity contribution is 5.94. The molecule has 0 spiro atoms. The van der Waals surface area contributed by atoms with Gasteiger partial charge in [-0.05, 0) is 19.4 Å². The average molecular weight is 184 g/mol. The van der Waals surface area contributed by atoms with Gasteiger partial charge in [-0.25, -0.2) is 0 Å². The van der Waals surface area contributed by atoms with Crippen molar-refractivity contribution in [2.24, 2.45) is 0 Å². The summed E-state index contributed by atoms with van der Waals surface area (Å²) in [7, 11) is 0. The molecule has 1 heterocycles. The quantitative estimate of drug-likeness (QED) is 0.513. The summed E-state index contributed by atoms with van der Waals surface area (Å²) in [6, 6.07) is -0.170. The monoisotopic (exact) mass is 184 g/mol. The first-order chi connectivity index (χ1) is 6.15. The Kier molecular flexibility index (Phi) is 3.45. The zero-order valence-corrected chi connectivity index (χ0v) is 8.05. The summed E-state index contributed by atoms with van der Waals surface area (Å²) in [6.45, 7) is 5.19. The van der Waals surface area contributed by atoms with Gasteiger partial charge in [0.25, 0.3) is 0 Å². The third-order valence-electron chi connectivity index (χ3n) is 2.20. The maximum atomic E-state index is 11.4. The number of hydrogen-bond acceptors (Lipinski definition) is 3.